The van der Waals surface area contributed by atoms with Gasteiger partial charge in [0, 0.05) is 54.8 Å². The summed E-state index contributed by atoms with van der Waals surface area (Å²) in [5.41, 5.74) is 4.06. The van der Waals surface area contributed by atoms with Crippen molar-refractivity contribution in [1.82, 2.24) is 14.9 Å². The van der Waals surface area contributed by atoms with Crippen LogP contribution in [0.1, 0.15) is 18.5 Å². The highest BCUT2D eigenvalue weighted by molar-refractivity contribution is 6.30. The number of hydrogen-bond donors (Lipinski definition) is 1. The maximum Gasteiger partial charge on any atom is 0.257 e. The van der Waals surface area contributed by atoms with E-state index in [9.17, 15) is 4.79 Å². The smallest absolute Gasteiger partial charge is 0.257 e. The minimum absolute atomic E-state index is 0.0634. The van der Waals surface area contributed by atoms with Crippen LogP contribution in [0.2, 0.25) is 5.02 Å². The molecule has 3 aromatic rings. The van der Waals surface area contributed by atoms with Crippen molar-refractivity contribution in [2.75, 3.05) is 31.1 Å². The average Bonchev–Trinajstić information content (AvgIpc) is 3.25. The lowest BCUT2D eigenvalue weighted by Gasteiger charge is -2.38. The van der Waals surface area contributed by atoms with Crippen molar-refractivity contribution in [2.24, 2.45) is 0 Å². The number of halogens is 1. The van der Waals surface area contributed by atoms with E-state index < -0.39 is 0 Å². The summed E-state index contributed by atoms with van der Waals surface area (Å²) in [6, 6.07) is 14.1. The van der Waals surface area contributed by atoms with Gasteiger partial charge in [-0.1, -0.05) is 17.7 Å². The molecule has 1 atom stereocenters. The minimum atomic E-state index is -0.0634. The highest BCUT2D eigenvalue weighted by atomic mass is 35.5. The fourth-order valence-corrected chi connectivity index (χ4v) is 4.56. The first-order valence-electron chi connectivity index (χ1n) is 10.1. The number of rotatable bonds is 3. The third kappa shape index (κ3) is 3.68. The van der Waals surface area contributed by atoms with Gasteiger partial charge >= 0.3 is 0 Å². The van der Waals surface area contributed by atoms with Gasteiger partial charge in [0.15, 0.2) is 0 Å². The predicted molar refractivity (Wildman–Crippen MR) is 119 cm³/mol. The van der Waals surface area contributed by atoms with Gasteiger partial charge in [-0.2, -0.15) is 0 Å². The normalized spacial score (nSPS) is 20.2. The van der Waals surface area contributed by atoms with Crippen molar-refractivity contribution in [2.45, 2.75) is 18.9 Å². The van der Waals surface area contributed by atoms with Gasteiger partial charge in [0.25, 0.3) is 5.56 Å². The van der Waals surface area contributed by atoms with E-state index in [0.29, 0.717) is 11.4 Å². The van der Waals surface area contributed by atoms with Crippen LogP contribution in [0.4, 0.5) is 5.69 Å². The lowest BCUT2D eigenvalue weighted by Crippen LogP contribution is -2.49. The standard InChI is InChI=1S/C23H23ClN4O/c24-17-4-7-18(8-5-17)27-10-12-28(13-11-27)19-6-3-16(14-19)21-15-22-20(23(29)26-21)2-1-9-25-22/h1-2,4-5,7-9,14-15,19H,3,6,10-13H2,(H,26,29). The summed E-state index contributed by atoms with van der Waals surface area (Å²) in [4.78, 5) is 24.8. The summed E-state index contributed by atoms with van der Waals surface area (Å²) in [6.07, 6.45) is 6.14. The molecule has 1 saturated heterocycles. The molecule has 0 saturated carbocycles. The van der Waals surface area contributed by atoms with E-state index in [0.717, 1.165) is 55.3 Å². The molecule has 2 aromatic heterocycles. The molecule has 5 nitrogen and oxygen atoms in total. The van der Waals surface area contributed by atoms with Crippen molar-refractivity contribution >= 4 is 33.8 Å². The van der Waals surface area contributed by atoms with E-state index >= 15 is 0 Å². The molecule has 1 aliphatic heterocycles. The van der Waals surface area contributed by atoms with E-state index in [1.165, 1.54) is 11.3 Å². The zero-order chi connectivity index (χ0) is 19.8. The Bertz CT molecular complexity index is 1110. The van der Waals surface area contributed by atoms with Gasteiger partial charge in [-0.05, 0) is 60.9 Å². The van der Waals surface area contributed by atoms with Crippen molar-refractivity contribution in [1.29, 1.82) is 0 Å². The molecule has 0 spiro atoms. The Balaban J connectivity index is 1.29. The van der Waals surface area contributed by atoms with E-state index in [1.54, 1.807) is 12.3 Å². The van der Waals surface area contributed by atoms with Crippen LogP contribution in [0, 0.1) is 0 Å². The summed E-state index contributed by atoms with van der Waals surface area (Å²) >= 11 is 6.01. The van der Waals surface area contributed by atoms with Gasteiger partial charge in [0.05, 0.1) is 10.9 Å². The molecular formula is C23H23ClN4O. The lowest BCUT2D eigenvalue weighted by atomic mass is 10.1. The van der Waals surface area contributed by atoms with Gasteiger partial charge < -0.3 is 9.88 Å². The molecule has 1 aromatic carbocycles. The van der Waals surface area contributed by atoms with Crippen LogP contribution in [0.15, 0.2) is 59.5 Å². The fraction of sp³-hybridized carbons (Fsp3) is 0.304. The van der Waals surface area contributed by atoms with E-state index in [2.05, 4.69) is 38.0 Å². The third-order valence-electron chi connectivity index (χ3n) is 6.04. The summed E-state index contributed by atoms with van der Waals surface area (Å²) in [5.74, 6) is 0. The molecule has 0 bridgehead atoms. The number of piperazine rings is 1. The Morgan fingerprint density at radius 1 is 1.07 bits per heavy atom. The number of nitrogens with one attached hydrogen (secondary N) is 1. The first-order valence-corrected chi connectivity index (χ1v) is 10.5. The number of aromatic amines is 1. The molecule has 2 aliphatic rings. The van der Waals surface area contributed by atoms with Gasteiger partial charge in [-0.15, -0.1) is 0 Å². The van der Waals surface area contributed by atoms with Crippen LogP contribution >= 0.6 is 11.6 Å². The van der Waals surface area contributed by atoms with Crippen LogP contribution in [-0.4, -0.2) is 47.1 Å². The number of pyridine rings is 2. The quantitative estimate of drug-likeness (QED) is 0.715. The number of benzene rings is 1. The largest absolute Gasteiger partial charge is 0.369 e. The van der Waals surface area contributed by atoms with Crippen molar-refractivity contribution < 1.29 is 0 Å². The number of hydrogen-bond acceptors (Lipinski definition) is 4. The Morgan fingerprint density at radius 3 is 2.66 bits per heavy atom. The molecule has 148 valence electrons. The van der Waals surface area contributed by atoms with Crippen LogP contribution < -0.4 is 10.5 Å². The molecule has 1 N–H and O–H groups in total. The van der Waals surface area contributed by atoms with E-state index in [4.69, 9.17) is 11.6 Å². The Kier molecular flexibility index (Phi) is 4.86. The molecule has 6 heteroatoms. The molecular weight excluding hydrogens is 384 g/mol. The van der Waals surface area contributed by atoms with Crippen molar-refractivity contribution in [3.8, 4) is 0 Å². The molecule has 1 fully saturated rings. The molecule has 0 amide bonds. The van der Waals surface area contributed by atoms with Crippen LogP contribution in [-0.2, 0) is 0 Å². The van der Waals surface area contributed by atoms with Crippen LogP contribution in [0.3, 0.4) is 0 Å². The molecule has 0 radical (unpaired) electrons. The highest BCUT2D eigenvalue weighted by Gasteiger charge is 2.27. The first kappa shape index (κ1) is 18.4. The third-order valence-corrected chi connectivity index (χ3v) is 6.29. The highest BCUT2D eigenvalue weighted by Crippen LogP contribution is 2.31. The van der Waals surface area contributed by atoms with Crippen molar-refractivity contribution in [3.05, 3.63) is 75.8 Å². The minimum Gasteiger partial charge on any atom is -0.369 e. The zero-order valence-electron chi connectivity index (χ0n) is 16.1. The second kappa shape index (κ2) is 7.65. The molecule has 3 heterocycles. The second-order valence-corrected chi connectivity index (χ2v) is 8.18. The maximum atomic E-state index is 12.4. The Hall–Kier alpha value is -2.63. The second-order valence-electron chi connectivity index (χ2n) is 7.75. The topological polar surface area (TPSA) is 52.2 Å². The van der Waals surface area contributed by atoms with Gasteiger partial charge in [-0.25, -0.2) is 0 Å². The average molecular weight is 407 g/mol. The monoisotopic (exact) mass is 406 g/mol. The van der Waals surface area contributed by atoms with Gasteiger partial charge in [0.2, 0.25) is 0 Å². The summed E-state index contributed by atoms with van der Waals surface area (Å²) < 4.78 is 0. The number of H-pyrrole nitrogens is 1. The fourth-order valence-electron chi connectivity index (χ4n) is 4.44. The number of anilines is 1. The zero-order valence-corrected chi connectivity index (χ0v) is 16.9. The molecule has 5 rings (SSSR count). The summed E-state index contributed by atoms with van der Waals surface area (Å²) in [6.45, 7) is 4.09. The molecule has 1 aliphatic carbocycles. The first-order chi connectivity index (χ1) is 14.2. The Labute approximate surface area is 174 Å². The van der Waals surface area contributed by atoms with Crippen molar-refractivity contribution in [3.63, 3.8) is 0 Å². The number of aromatic nitrogens is 2. The molecule has 29 heavy (non-hydrogen) atoms. The van der Waals surface area contributed by atoms with E-state index in [-0.39, 0.29) is 5.56 Å². The maximum absolute atomic E-state index is 12.4. The summed E-state index contributed by atoms with van der Waals surface area (Å²) in [7, 11) is 0. The number of fused-ring (bicyclic) bond motifs is 1. The number of allylic oxidation sites excluding steroid dienone is 1. The number of nitrogens with zero attached hydrogens (tertiary/aromatic N) is 3. The SMILES string of the molecule is O=c1[nH]c(C2=CC(N3CCN(c4ccc(Cl)cc4)CC3)CC2)cc2ncccc12. The summed E-state index contributed by atoms with van der Waals surface area (Å²) in [5, 5.41) is 1.42. The van der Waals surface area contributed by atoms with Crippen LogP contribution in [0.25, 0.3) is 16.5 Å². The molecule has 1 unspecified atom stereocenters. The van der Waals surface area contributed by atoms with E-state index in [1.807, 2.05) is 24.3 Å². The van der Waals surface area contributed by atoms with Crippen LogP contribution in [0.5, 0.6) is 0 Å². The Morgan fingerprint density at radius 2 is 1.86 bits per heavy atom. The van der Waals surface area contributed by atoms with Gasteiger partial charge in [0.1, 0.15) is 0 Å². The predicted octanol–water partition coefficient (Wildman–Crippen LogP) is 3.94. The van der Waals surface area contributed by atoms with Gasteiger partial charge in [-0.3, -0.25) is 14.7 Å². The lowest BCUT2D eigenvalue weighted by molar-refractivity contribution is 0.214.